The topological polar surface area (TPSA) is 83.5 Å². The first-order chi connectivity index (χ1) is 8.65. The van der Waals surface area contributed by atoms with Gasteiger partial charge in [-0.15, -0.1) is 0 Å². The van der Waals surface area contributed by atoms with Crippen molar-refractivity contribution in [2.24, 2.45) is 5.92 Å². The molecule has 2 atom stereocenters. The molecule has 19 heavy (non-hydrogen) atoms. The quantitative estimate of drug-likeness (QED) is 0.858. The highest BCUT2D eigenvalue weighted by atomic mass is 32.2. The molecule has 0 radical (unpaired) electrons. The number of carbonyl (C=O) groups is 1. The van der Waals surface area contributed by atoms with Gasteiger partial charge in [0, 0.05) is 12.1 Å². The van der Waals surface area contributed by atoms with Crippen LogP contribution in [-0.2, 0) is 14.8 Å². The molecule has 5 nitrogen and oxygen atoms in total. The van der Waals surface area contributed by atoms with E-state index < -0.39 is 44.5 Å². The van der Waals surface area contributed by atoms with Crippen molar-refractivity contribution in [3.63, 3.8) is 0 Å². The van der Waals surface area contributed by atoms with E-state index in [-0.39, 0.29) is 0 Å². The summed E-state index contributed by atoms with van der Waals surface area (Å²) in [6.07, 6.45) is 0. The smallest absolute Gasteiger partial charge is 0.307 e. The van der Waals surface area contributed by atoms with Gasteiger partial charge in [-0.3, -0.25) is 4.79 Å². The summed E-state index contributed by atoms with van der Waals surface area (Å²) in [5, 5.41) is 8.75. The van der Waals surface area contributed by atoms with Crippen LogP contribution in [0, 0.1) is 17.6 Å². The zero-order valence-corrected chi connectivity index (χ0v) is 11.0. The second-order valence-electron chi connectivity index (χ2n) is 4.11. The van der Waals surface area contributed by atoms with Gasteiger partial charge in [-0.05, 0) is 19.1 Å². The number of nitrogens with one attached hydrogen (secondary N) is 1. The third-order valence-electron chi connectivity index (χ3n) is 2.66. The predicted octanol–water partition coefficient (Wildman–Crippen LogP) is 1.35. The number of carboxylic acid groups (broad SMARTS) is 1. The molecule has 1 aromatic rings. The van der Waals surface area contributed by atoms with E-state index in [0.717, 1.165) is 12.1 Å². The van der Waals surface area contributed by atoms with Crippen LogP contribution in [0.1, 0.15) is 13.8 Å². The molecule has 0 aromatic heterocycles. The maximum atomic E-state index is 13.4. The Bertz CT molecular complexity index is 588. The maximum Gasteiger partial charge on any atom is 0.307 e. The van der Waals surface area contributed by atoms with Gasteiger partial charge < -0.3 is 5.11 Å². The summed E-state index contributed by atoms with van der Waals surface area (Å²) in [6, 6.07) is 1.10. The number of benzene rings is 1. The SMILES string of the molecule is CC(NS(=O)(=O)c1ccc(F)cc1F)C(C)C(=O)O. The molecule has 0 saturated carbocycles. The lowest BCUT2D eigenvalue weighted by atomic mass is 10.1. The van der Waals surface area contributed by atoms with Gasteiger partial charge >= 0.3 is 5.97 Å². The molecule has 0 aliphatic rings. The molecule has 0 amide bonds. The van der Waals surface area contributed by atoms with Crippen LogP contribution < -0.4 is 4.72 Å². The van der Waals surface area contributed by atoms with E-state index in [9.17, 15) is 22.0 Å². The van der Waals surface area contributed by atoms with Gasteiger partial charge in [0.15, 0.2) is 0 Å². The number of hydrogen-bond donors (Lipinski definition) is 2. The Morgan fingerprint density at radius 2 is 1.89 bits per heavy atom. The summed E-state index contributed by atoms with van der Waals surface area (Å²) >= 11 is 0. The monoisotopic (exact) mass is 293 g/mol. The van der Waals surface area contributed by atoms with Gasteiger partial charge in [-0.1, -0.05) is 6.92 Å². The molecule has 2 N–H and O–H groups in total. The van der Waals surface area contributed by atoms with Crippen LogP contribution in [0.3, 0.4) is 0 Å². The fourth-order valence-corrected chi connectivity index (χ4v) is 2.70. The Labute approximate surface area is 109 Å². The van der Waals surface area contributed by atoms with Crippen molar-refractivity contribution in [3.05, 3.63) is 29.8 Å². The minimum atomic E-state index is -4.24. The number of hydrogen-bond acceptors (Lipinski definition) is 3. The van der Waals surface area contributed by atoms with Gasteiger partial charge in [0.05, 0.1) is 5.92 Å². The van der Waals surface area contributed by atoms with Crippen LogP contribution >= 0.6 is 0 Å². The van der Waals surface area contributed by atoms with E-state index >= 15 is 0 Å². The standard InChI is InChI=1S/C11H13F2NO4S/c1-6(11(15)16)7(2)14-19(17,18)10-4-3-8(12)5-9(10)13/h3-7,14H,1-2H3,(H,15,16). The molecule has 2 unspecified atom stereocenters. The lowest BCUT2D eigenvalue weighted by Crippen LogP contribution is -2.40. The molecular weight excluding hydrogens is 280 g/mol. The average Bonchev–Trinajstić information content (AvgIpc) is 2.26. The Balaban J connectivity index is 3.02. The summed E-state index contributed by atoms with van der Waals surface area (Å²) in [7, 11) is -4.24. The van der Waals surface area contributed by atoms with Crippen molar-refractivity contribution >= 4 is 16.0 Å². The molecule has 0 fully saturated rings. The van der Waals surface area contributed by atoms with Gasteiger partial charge in [-0.2, -0.15) is 0 Å². The van der Waals surface area contributed by atoms with E-state index in [0.29, 0.717) is 6.07 Å². The summed E-state index contributed by atoms with van der Waals surface area (Å²) in [5.74, 6) is -4.31. The summed E-state index contributed by atoms with van der Waals surface area (Å²) in [5.41, 5.74) is 0. The van der Waals surface area contributed by atoms with Gasteiger partial charge in [0.1, 0.15) is 16.5 Å². The van der Waals surface area contributed by atoms with Crippen LogP contribution in [0.4, 0.5) is 8.78 Å². The number of aliphatic carboxylic acids is 1. The molecule has 1 rings (SSSR count). The fourth-order valence-electron chi connectivity index (χ4n) is 1.32. The number of rotatable bonds is 5. The average molecular weight is 293 g/mol. The highest BCUT2D eigenvalue weighted by Gasteiger charge is 2.27. The molecule has 0 aliphatic heterocycles. The van der Waals surface area contributed by atoms with Crippen LogP contribution in [0.2, 0.25) is 0 Å². The lowest BCUT2D eigenvalue weighted by molar-refractivity contribution is -0.141. The van der Waals surface area contributed by atoms with Crippen LogP contribution in [0.25, 0.3) is 0 Å². The normalized spacial score (nSPS) is 14.9. The minimum Gasteiger partial charge on any atom is -0.481 e. The van der Waals surface area contributed by atoms with E-state index in [2.05, 4.69) is 0 Å². The first-order valence-electron chi connectivity index (χ1n) is 5.35. The van der Waals surface area contributed by atoms with Crippen molar-refractivity contribution in [3.8, 4) is 0 Å². The van der Waals surface area contributed by atoms with Crippen molar-refractivity contribution in [2.45, 2.75) is 24.8 Å². The van der Waals surface area contributed by atoms with Crippen molar-refractivity contribution < 1.29 is 27.1 Å². The summed E-state index contributed by atoms with van der Waals surface area (Å²) < 4.78 is 51.8. The zero-order chi connectivity index (χ0) is 14.8. The molecule has 0 heterocycles. The third kappa shape index (κ3) is 3.71. The lowest BCUT2D eigenvalue weighted by Gasteiger charge is -2.18. The maximum absolute atomic E-state index is 13.4. The zero-order valence-electron chi connectivity index (χ0n) is 10.2. The molecule has 0 aliphatic carbocycles. The van der Waals surface area contributed by atoms with E-state index in [4.69, 9.17) is 5.11 Å². The number of carboxylic acids is 1. The van der Waals surface area contributed by atoms with Crippen molar-refractivity contribution in [1.82, 2.24) is 4.72 Å². The molecule has 1 aromatic carbocycles. The van der Waals surface area contributed by atoms with E-state index in [1.807, 2.05) is 4.72 Å². The first kappa shape index (κ1) is 15.5. The highest BCUT2D eigenvalue weighted by molar-refractivity contribution is 7.89. The first-order valence-corrected chi connectivity index (χ1v) is 6.83. The molecule has 8 heteroatoms. The highest BCUT2D eigenvalue weighted by Crippen LogP contribution is 2.16. The molecular formula is C11H13F2NO4S. The molecule has 106 valence electrons. The summed E-state index contributed by atoms with van der Waals surface area (Å²) in [6.45, 7) is 2.66. The Morgan fingerprint density at radius 3 is 2.37 bits per heavy atom. The third-order valence-corrected chi connectivity index (χ3v) is 4.26. The molecule has 0 saturated heterocycles. The Morgan fingerprint density at radius 1 is 1.32 bits per heavy atom. The van der Waals surface area contributed by atoms with E-state index in [1.54, 1.807) is 0 Å². The molecule has 0 bridgehead atoms. The minimum absolute atomic E-state index is 0.444. The fraction of sp³-hybridized carbons (Fsp3) is 0.364. The van der Waals surface area contributed by atoms with Gasteiger partial charge in [-0.25, -0.2) is 21.9 Å². The van der Waals surface area contributed by atoms with Crippen LogP contribution in [-0.4, -0.2) is 25.5 Å². The second kappa shape index (κ2) is 5.62. The number of sulfonamides is 1. The second-order valence-corrected chi connectivity index (χ2v) is 5.79. The van der Waals surface area contributed by atoms with Crippen LogP contribution in [0.15, 0.2) is 23.1 Å². The van der Waals surface area contributed by atoms with Crippen molar-refractivity contribution in [2.75, 3.05) is 0 Å². The van der Waals surface area contributed by atoms with E-state index in [1.165, 1.54) is 13.8 Å². The Kier molecular flexibility index (Phi) is 4.59. The molecule has 0 spiro atoms. The largest absolute Gasteiger partial charge is 0.481 e. The van der Waals surface area contributed by atoms with Gasteiger partial charge in [0.2, 0.25) is 10.0 Å². The predicted molar refractivity (Wildman–Crippen MR) is 62.9 cm³/mol. The van der Waals surface area contributed by atoms with Crippen LogP contribution in [0.5, 0.6) is 0 Å². The van der Waals surface area contributed by atoms with Gasteiger partial charge in [0.25, 0.3) is 0 Å². The van der Waals surface area contributed by atoms with Crippen molar-refractivity contribution in [1.29, 1.82) is 0 Å². The Hall–Kier alpha value is -1.54. The summed E-state index contributed by atoms with van der Waals surface area (Å²) in [4.78, 5) is 9.99. The number of halogens is 2.